The summed E-state index contributed by atoms with van der Waals surface area (Å²) >= 11 is 0. The standard InChI is InChI=1S/C14H18N2O5S/c1-4-21-14(18)9-10(2)16-22(19,20)13-7-5-12(6-8-13)15-11(3)17/h5-9,16H,4H2,1-3H3,(H,15,17). The summed E-state index contributed by atoms with van der Waals surface area (Å²) in [6.07, 6.45) is 1.06. The van der Waals surface area contributed by atoms with E-state index in [-0.39, 0.29) is 23.1 Å². The zero-order valence-corrected chi connectivity index (χ0v) is 13.4. The molecule has 120 valence electrons. The van der Waals surface area contributed by atoms with E-state index in [2.05, 4.69) is 10.0 Å². The minimum absolute atomic E-state index is 0.0122. The van der Waals surface area contributed by atoms with Crippen molar-refractivity contribution in [2.45, 2.75) is 25.7 Å². The van der Waals surface area contributed by atoms with Gasteiger partial charge in [0, 0.05) is 24.4 Å². The first-order valence-corrected chi connectivity index (χ1v) is 7.98. The number of allylic oxidation sites excluding steroid dienone is 1. The number of carbonyl (C=O) groups excluding carboxylic acids is 2. The van der Waals surface area contributed by atoms with Gasteiger partial charge in [0.1, 0.15) is 0 Å². The van der Waals surface area contributed by atoms with Crippen molar-refractivity contribution in [2.75, 3.05) is 11.9 Å². The van der Waals surface area contributed by atoms with Gasteiger partial charge < -0.3 is 10.1 Å². The first-order chi connectivity index (χ1) is 10.2. The van der Waals surface area contributed by atoms with Crippen LogP contribution in [-0.2, 0) is 24.3 Å². The van der Waals surface area contributed by atoms with Gasteiger partial charge in [-0.15, -0.1) is 0 Å². The highest BCUT2D eigenvalue weighted by Gasteiger charge is 2.14. The van der Waals surface area contributed by atoms with Gasteiger partial charge in [0.25, 0.3) is 10.0 Å². The minimum Gasteiger partial charge on any atom is -0.463 e. The molecule has 2 N–H and O–H groups in total. The third-order valence-corrected chi connectivity index (χ3v) is 3.88. The maximum Gasteiger partial charge on any atom is 0.332 e. The van der Waals surface area contributed by atoms with E-state index in [4.69, 9.17) is 4.74 Å². The van der Waals surface area contributed by atoms with E-state index in [0.717, 1.165) is 6.08 Å². The van der Waals surface area contributed by atoms with E-state index in [1.165, 1.54) is 38.1 Å². The number of esters is 1. The molecule has 7 nitrogen and oxygen atoms in total. The number of rotatable bonds is 6. The highest BCUT2D eigenvalue weighted by molar-refractivity contribution is 7.89. The van der Waals surface area contributed by atoms with Crippen molar-refractivity contribution in [1.82, 2.24) is 4.72 Å². The molecule has 0 unspecified atom stereocenters. The molecule has 0 radical (unpaired) electrons. The lowest BCUT2D eigenvalue weighted by molar-refractivity contribution is -0.137. The van der Waals surface area contributed by atoms with Crippen molar-refractivity contribution in [3.05, 3.63) is 36.0 Å². The van der Waals surface area contributed by atoms with Crippen molar-refractivity contribution in [1.29, 1.82) is 0 Å². The van der Waals surface area contributed by atoms with E-state index in [1.54, 1.807) is 6.92 Å². The highest BCUT2D eigenvalue weighted by Crippen LogP contribution is 2.14. The normalized spacial score (nSPS) is 11.7. The first-order valence-electron chi connectivity index (χ1n) is 6.50. The van der Waals surface area contributed by atoms with Crippen LogP contribution in [0.3, 0.4) is 0 Å². The van der Waals surface area contributed by atoms with Gasteiger partial charge in [0.15, 0.2) is 0 Å². The predicted octanol–water partition coefficient (Wildman–Crippen LogP) is 1.39. The lowest BCUT2D eigenvalue weighted by Crippen LogP contribution is -2.22. The second-order valence-electron chi connectivity index (χ2n) is 4.39. The zero-order valence-electron chi connectivity index (χ0n) is 12.5. The molecule has 0 aliphatic heterocycles. The molecule has 1 aromatic rings. The Morgan fingerprint density at radius 2 is 1.77 bits per heavy atom. The number of hydrogen-bond donors (Lipinski definition) is 2. The van der Waals surface area contributed by atoms with Gasteiger partial charge in [0.05, 0.1) is 11.5 Å². The quantitative estimate of drug-likeness (QED) is 0.607. The van der Waals surface area contributed by atoms with E-state index in [1.807, 2.05) is 0 Å². The van der Waals surface area contributed by atoms with Crippen LogP contribution < -0.4 is 10.0 Å². The van der Waals surface area contributed by atoms with E-state index in [0.29, 0.717) is 5.69 Å². The second kappa shape index (κ2) is 7.60. The maximum absolute atomic E-state index is 12.1. The van der Waals surface area contributed by atoms with Gasteiger partial charge in [-0.3, -0.25) is 9.52 Å². The van der Waals surface area contributed by atoms with E-state index < -0.39 is 16.0 Å². The van der Waals surface area contributed by atoms with Crippen LogP contribution in [0.4, 0.5) is 5.69 Å². The summed E-state index contributed by atoms with van der Waals surface area (Å²) in [4.78, 5) is 22.2. The van der Waals surface area contributed by atoms with Gasteiger partial charge in [-0.05, 0) is 38.1 Å². The first kappa shape index (κ1) is 17.7. The Balaban J connectivity index is 2.86. The van der Waals surface area contributed by atoms with Gasteiger partial charge in [-0.1, -0.05) is 0 Å². The highest BCUT2D eigenvalue weighted by atomic mass is 32.2. The van der Waals surface area contributed by atoms with Gasteiger partial charge in [-0.25, -0.2) is 13.2 Å². The summed E-state index contributed by atoms with van der Waals surface area (Å²) in [6.45, 7) is 4.66. The molecule has 0 spiro atoms. The number of carbonyl (C=O) groups is 2. The summed E-state index contributed by atoms with van der Waals surface area (Å²) in [7, 11) is -3.80. The fourth-order valence-electron chi connectivity index (χ4n) is 1.58. The molecule has 1 rings (SSSR count). The van der Waals surface area contributed by atoms with Crippen molar-refractivity contribution in [3.8, 4) is 0 Å². The van der Waals surface area contributed by atoms with Crippen LogP contribution in [0.25, 0.3) is 0 Å². The number of hydrogen-bond acceptors (Lipinski definition) is 5. The van der Waals surface area contributed by atoms with Gasteiger partial charge >= 0.3 is 5.97 Å². The minimum atomic E-state index is -3.80. The molecule has 0 fully saturated rings. The van der Waals surface area contributed by atoms with Gasteiger partial charge in [-0.2, -0.15) is 0 Å². The zero-order chi connectivity index (χ0) is 16.8. The second-order valence-corrected chi connectivity index (χ2v) is 6.07. The summed E-state index contributed by atoms with van der Waals surface area (Å²) in [6, 6.07) is 5.65. The molecular weight excluding hydrogens is 308 g/mol. The Labute approximate surface area is 129 Å². The molecule has 1 amide bonds. The van der Waals surface area contributed by atoms with Crippen molar-refractivity contribution < 1.29 is 22.7 Å². The maximum atomic E-state index is 12.1. The summed E-state index contributed by atoms with van der Waals surface area (Å²) in [5.74, 6) is -0.870. The molecule has 8 heteroatoms. The van der Waals surface area contributed by atoms with Crippen molar-refractivity contribution in [2.24, 2.45) is 0 Å². The number of nitrogens with one attached hydrogen (secondary N) is 2. The van der Waals surface area contributed by atoms with Crippen LogP contribution in [0.5, 0.6) is 0 Å². The van der Waals surface area contributed by atoms with E-state index in [9.17, 15) is 18.0 Å². The third kappa shape index (κ3) is 5.57. The molecule has 0 bridgehead atoms. The molecule has 0 heterocycles. The largest absolute Gasteiger partial charge is 0.463 e. The lowest BCUT2D eigenvalue weighted by atomic mass is 10.3. The van der Waals surface area contributed by atoms with Crippen LogP contribution >= 0.6 is 0 Å². The summed E-state index contributed by atoms with van der Waals surface area (Å²) < 4.78 is 31.2. The topological polar surface area (TPSA) is 102 Å². The fourth-order valence-corrected chi connectivity index (χ4v) is 2.68. The molecule has 0 saturated carbocycles. The Hall–Kier alpha value is -2.35. The SMILES string of the molecule is CCOC(=O)C=C(C)NS(=O)(=O)c1ccc(NC(C)=O)cc1. The van der Waals surface area contributed by atoms with E-state index >= 15 is 0 Å². The van der Waals surface area contributed by atoms with Gasteiger partial charge in [0.2, 0.25) is 5.91 Å². The number of benzene rings is 1. The average molecular weight is 326 g/mol. The molecule has 0 aromatic heterocycles. The van der Waals surface area contributed by atoms with Crippen LogP contribution in [0, 0.1) is 0 Å². The predicted molar refractivity (Wildman–Crippen MR) is 81.5 cm³/mol. The lowest BCUT2D eigenvalue weighted by Gasteiger charge is -2.09. The Bertz CT molecular complexity index is 678. The summed E-state index contributed by atoms with van der Waals surface area (Å²) in [5.41, 5.74) is 0.634. The third-order valence-electron chi connectivity index (χ3n) is 2.40. The number of ether oxygens (including phenoxy) is 1. The number of amides is 1. The van der Waals surface area contributed by atoms with Crippen LogP contribution in [0.1, 0.15) is 20.8 Å². The number of sulfonamides is 1. The average Bonchev–Trinajstić information content (AvgIpc) is 2.37. The molecular formula is C14H18N2O5S. The van der Waals surface area contributed by atoms with Crippen molar-refractivity contribution >= 4 is 27.6 Å². The number of anilines is 1. The monoisotopic (exact) mass is 326 g/mol. The molecule has 22 heavy (non-hydrogen) atoms. The van der Waals surface area contributed by atoms with Crippen LogP contribution in [0.2, 0.25) is 0 Å². The summed E-state index contributed by atoms with van der Waals surface area (Å²) in [5, 5.41) is 2.54. The smallest absolute Gasteiger partial charge is 0.332 e. The Kier molecular flexibility index (Phi) is 6.11. The van der Waals surface area contributed by atoms with Crippen LogP contribution in [0.15, 0.2) is 40.9 Å². The Morgan fingerprint density at radius 3 is 2.27 bits per heavy atom. The molecule has 0 saturated heterocycles. The molecule has 0 aliphatic carbocycles. The fraction of sp³-hybridized carbons (Fsp3) is 0.286. The van der Waals surface area contributed by atoms with Crippen LogP contribution in [-0.4, -0.2) is 26.9 Å². The molecule has 0 aliphatic rings. The molecule has 0 atom stereocenters. The Morgan fingerprint density at radius 1 is 1.18 bits per heavy atom. The van der Waals surface area contributed by atoms with Crippen molar-refractivity contribution in [3.63, 3.8) is 0 Å². The molecule has 1 aromatic carbocycles.